The Morgan fingerprint density at radius 2 is 1.82 bits per heavy atom. The maximum Gasteiger partial charge on any atom is 0.337 e. The predicted octanol–water partition coefficient (Wildman–Crippen LogP) is 5.25. The summed E-state index contributed by atoms with van der Waals surface area (Å²) in [6.07, 6.45) is 0.524. The van der Waals surface area contributed by atoms with Crippen molar-refractivity contribution in [1.82, 2.24) is 9.13 Å². The van der Waals surface area contributed by atoms with Gasteiger partial charge in [0.1, 0.15) is 4.83 Å². The Kier molecular flexibility index (Phi) is 5.76. The van der Waals surface area contributed by atoms with E-state index in [4.69, 9.17) is 27.9 Å². The summed E-state index contributed by atoms with van der Waals surface area (Å²) in [5.41, 5.74) is 0.173. The first-order valence-electron chi connectivity index (χ1n) is 10.6. The molecule has 2 aromatic carbocycles. The molecule has 1 aliphatic heterocycles. The summed E-state index contributed by atoms with van der Waals surface area (Å²) in [5, 5.41) is 1.36. The number of carbonyl (C=O) groups excluding carboxylic acids is 1. The van der Waals surface area contributed by atoms with Gasteiger partial charge in [0.15, 0.2) is 5.78 Å². The highest BCUT2D eigenvalue weighted by atomic mass is 35.5. The molecule has 6 nitrogen and oxygen atoms in total. The first-order chi connectivity index (χ1) is 16.1. The Labute approximate surface area is 208 Å². The molecule has 0 aliphatic carbocycles. The Morgan fingerprint density at radius 1 is 1.09 bits per heavy atom. The quantitative estimate of drug-likeness (QED) is 0.348. The number of ketones is 1. The standard InChI is InChI=1S/C25H20Cl2N2O4S/c1-25(2)11-18-20(13-33-25)34-23-21(18)22(31)29(17-5-3-4-16(27)10-17)24(32)28(23)12-19(30)14-6-8-15(26)9-7-14/h3-10H,11-13H2,1-2H3. The zero-order chi connectivity index (χ0) is 24.2. The Balaban J connectivity index is 1.78. The van der Waals surface area contributed by atoms with Gasteiger partial charge in [-0.1, -0.05) is 29.3 Å². The van der Waals surface area contributed by atoms with E-state index in [0.29, 0.717) is 44.5 Å². The van der Waals surface area contributed by atoms with Gasteiger partial charge in [0.2, 0.25) is 0 Å². The molecule has 0 radical (unpaired) electrons. The molecule has 0 spiro atoms. The van der Waals surface area contributed by atoms with Crippen LogP contribution in [0, 0.1) is 0 Å². The van der Waals surface area contributed by atoms with E-state index in [1.54, 1.807) is 48.5 Å². The second-order valence-electron chi connectivity index (χ2n) is 8.83. The van der Waals surface area contributed by atoms with Crippen LogP contribution in [0.4, 0.5) is 0 Å². The van der Waals surface area contributed by atoms with Gasteiger partial charge in [-0.3, -0.25) is 14.2 Å². The SMILES string of the molecule is CC1(C)Cc2c(sc3c2c(=O)n(-c2cccc(Cl)c2)c(=O)n3CC(=O)c2ccc(Cl)cc2)CO1. The lowest BCUT2D eigenvalue weighted by atomic mass is 9.94. The lowest BCUT2D eigenvalue weighted by Crippen LogP contribution is -2.40. The molecule has 3 heterocycles. The summed E-state index contributed by atoms with van der Waals surface area (Å²) >= 11 is 13.4. The second kappa shape index (κ2) is 8.50. The number of nitrogens with zero attached hydrogens (tertiary/aromatic N) is 2. The molecular weight excluding hydrogens is 495 g/mol. The zero-order valence-electron chi connectivity index (χ0n) is 18.4. The van der Waals surface area contributed by atoms with Crippen LogP contribution in [-0.4, -0.2) is 20.5 Å². The second-order valence-corrected chi connectivity index (χ2v) is 10.8. The monoisotopic (exact) mass is 514 g/mol. The van der Waals surface area contributed by atoms with Crippen LogP contribution in [0.1, 0.15) is 34.6 Å². The molecule has 5 rings (SSSR count). The minimum Gasteiger partial charge on any atom is -0.370 e. The average molecular weight is 515 g/mol. The molecule has 2 aromatic heterocycles. The van der Waals surface area contributed by atoms with Gasteiger partial charge in [-0.15, -0.1) is 11.3 Å². The van der Waals surface area contributed by atoms with Crippen molar-refractivity contribution in [3.05, 3.63) is 95.4 Å². The molecule has 0 bridgehead atoms. The molecular formula is C25H20Cl2N2O4S. The van der Waals surface area contributed by atoms with Crippen LogP contribution in [0.15, 0.2) is 58.1 Å². The predicted molar refractivity (Wildman–Crippen MR) is 135 cm³/mol. The molecule has 9 heteroatoms. The van der Waals surface area contributed by atoms with E-state index in [1.807, 2.05) is 13.8 Å². The number of aromatic nitrogens is 2. The number of Topliss-reactive ketones (excluding diaryl/α,β-unsaturated/α-hetero) is 1. The molecule has 0 unspecified atom stereocenters. The highest BCUT2D eigenvalue weighted by Gasteiger charge is 2.32. The van der Waals surface area contributed by atoms with Gasteiger partial charge in [-0.2, -0.15) is 0 Å². The number of carbonyl (C=O) groups is 1. The Morgan fingerprint density at radius 3 is 2.53 bits per heavy atom. The van der Waals surface area contributed by atoms with Crippen molar-refractivity contribution in [2.45, 2.75) is 39.0 Å². The maximum atomic E-state index is 13.7. The number of rotatable bonds is 4. The molecule has 1 aliphatic rings. The third-order valence-electron chi connectivity index (χ3n) is 5.89. The van der Waals surface area contributed by atoms with Crippen LogP contribution in [-0.2, 0) is 24.3 Å². The molecule has 0 amide bonds. The lowest BCUT2D eigenvalue weighted by molar-refractivity contribution is -0.0379. The minimum atomic E-state index is -0.596. The van der Waals surface area contributed by atoms with E-state index < -0.39 is 16.9 Å². The summed E-state index contributed by atoms with van der Waals surface area (Å²) < 4.78 is 8.42. The molecule has 4 aromatic rings. The van der Waals surface area contributed by atoms with E-state index in [-0.39, 0.29) is 12.3 Å². The molecule has 174 valence electrons. The largest absolute Gasteiger partial charge is 0.370 e. The van der Waals surface area contributed by atoms with Crippen LogP contribution >= 0.6 is 34.5 Å². The van der Waals surface area contributed by atoms with Gasteiger partial charge in [-0.05, 0) is 61.9 Å². The van der Waals surface area contributed by atoms with Gasteiger partial charge >= 0.3 is 5.69 Å². The van der Waals surface area contributed by atoms with E-state index in [0.717, 1.165) is 15.0 Å². The van der Waals surface area contributed by atoms with Crippen molar-refractivity contribution in [1.29, 1.82) is 0 Å². The summed E-state index contributed by atoms with van der Waals surface area (Å²) in [6, 6.07) is 13.1. The molecule has 0 saturated heterocycles. The number of ether oxygens (including phenoxy) is 1. The Bertz CT molecular complexity index is 1570. The highest BCUT2D eigenvalue weighted by molar-refractivity contribution is 7.18. The number of hydrogen-bond donors (Lipinski definition) is 0. The normalized spacial score (nSPS) is 14.8. The molecule has 0 N–H and O–H groups in total. The lowest BCUT2D eigenvalue weighted by Gasteiger charge is -2.29. The van der Waals surface area contributed by atoms with E-state index in [9.17, 15) is 14.4 Å². The smallest absolute Gasteiger partial charge is 0.337 e. The number of halogens is 2. The van der Waals surface area contributed by atoms with Crippen molar-refractivity contribution in [2.24, 2.45) is 0 Å². The van der Waals surface area contributed by atoms with Crippen LogP contribution in [0.2, 0.25) is 10.0 Å². The number of benzene rings is 2. The van der Waals surface area contributed by atoms with Crippen LogP contribution in [0.3, 0.4) is 0 Å². The van der Waals surface area contributed by atoms with Crippen LogP contribution < -0.4 is 11.2 Å². The molecule has 0 fully saturated rings. The fraction of sp³-hybridized carbons (Fsp3) is 0.240. The fourth-order valence-electron chi connectivity index (χ4n) is 4.21. The van der Waals surface area contributed by atoms with Crippen molar-refractivity contribution < 1.29 is 9.53 Å². The van der Waals surface area contributed by atoms with Gasteiger partial charge in [-0.25, -0.2) is 9.36 Å². The Hall–Kier alpha value is -2.71. The molecule has 34 heavy (non-hydrogen) atoms. The zero-order valence-corrected chi connectivity index (χ0v) is 20.8. The van der Waals surface area contributed by atoms with Crippen LogP contribution in [0.25, 0.3) is 15.9 Å². The van der Waals surface area contributed by atoms with Gasteiger partial charge in [0, 0.05) is 26.9 Å². The summed E-state index contributed by atoms with van der Waals surface area (Å²) in [6.45, 7) is 4.06. The van der Waals surface area contributed by atoms with Crippen molar-refractivity contribution in [3.63, 3.8) is 0 Å². The first kappa shape index (κ1) is 23.1. The van der Waals surface area contributed by atoms with Gasteiger partial charge in [0.25, 0.3) is 5.56 Å². The summed E-state index contributed by atoms with van der Waals surface area (Å²) in [5.74, 6) is -0.265. The average Bonchev–Trinajstić information content (AvgIpc) is 3.15. The highest BCUT2D eigenvalue weighted by Crippen LogP contribution is 2.37. The summed E-state index contributed by atoms with van der Waals surface area (Å²) in [4.78, 5) is 41.9. The number of thiophene rings is 1. The maximum absolute atomic E-state index is 13.7. The first-order valence-corrected chi connectivity index (χ1v) is 12.2. The number of hydrogen-bond acceptors (Lipinski definition) is 5. The van der Waals surface area contributed by atoms with Crippen molar-refractivity contribution in [3.8, 4) is 5.69 Å². The van der Waals surface area contributed by atoms with Gasteiger partial charge < -0.3 is 4.74 Å². The number of fused-ring (bicyclic) bond motifs is 3. The third-order valence-corrected chi connectivity index (χ3v) is 7.60. The summed E-state index contributed by atoms with van der Waals surface area (Å²) in [7, 11) is 0. The van der Waals surface area contributed by atoms with E-state index in [2.05, 4.69) is 0 Å². The van der Waals surface area contributed by atoms with Gasteiger partial charge in [0.05, 0.1) is 29.8 Å². The third kappa shape index (κ3) is 4.03. The van der Waals surface area contributed by atoms with E-state index >= 15 is 0 Å². The minimum absolute atomic E-state index is 0.221. The van der Waals surface area contributed by atoms with Crippen molar-refractivity contribution in [2.75, 3.05) is 0 Å². The van der Waals surface area contributed by atoms with Crippen LogP contribution in [0.5, 0.6) is 0 Å². The molecule has 0 atom stereocenters. The fourth-order valence-corrected chi connectivity index (χ4v) is 5.73. The van der Waals surface area contributed by atoms with Crippen molar-refractivity contribution >= 4 is 50.5 Å². The van der Waals surface area contributed by atoms with E-state index in [1.165, 1.54) is 15.9 Å². The topological polar surface area (TPSA) is 70.3 Å². The molecule has 0 saturated carbocycles.